The molecule has 1 amide bonds. The molecule has 1 aliphatic carbocycles. The highest BCUT2D eigenvalue weighted by atomic mass is 19.4. The summed E-state index contributed by atoms with van der Waals surface area (Å²) in [4.78, 5) is 38.1. The van der Waals surface area contributed by atoms with Crippen LogP contribution in [0.3, 0.4) is 0 Å². The predicted molar refractivity (Wildman–Crippen MR) is 105 cm³/mol. The van der Waals surface area contributed by atoms with Crippen LogP contribution in [0, 0.1) is 0 Å². The Morgan fingerprint density at radius 1 is 1.00 bits per heavy atom. The lowest BCUT2D eigenvalue weighted by Crippen LogP contribution is -2.31. The number of carbonyl (C=O) groups excluding carboxylic acids is 3. The van der Waals surface area contributed by atoms with Gasteiger partial charge >= 0.3 is 12.1 Å². The Morgan fingerprint density at radius 2 is 1.71 bits per heavy atom. The topological polar surface area (TPSA) is 68.2 Å². The first-order valence-electron chi connectivity index (χ1n) is 9.60. The van der Waals surface area contributed by atoms with E-state index in [2.05, 4.69) is 0 Å². The maximum absolute atomic E-state index is 13.4. The third-order valence-corrected chi connectivity index (χ3v) is 5.91. The summed E-state index contributed by atoms with van der Waals surface area (Å²) in [6.45, 7) is 2.44. The van der Waals surface area contributed by atoms with Crippen LogP contribution in [0.4, 0.5) is 18.9 Å². The second-order valence-electron chi connectivity index (χ2n) is 7.69. The number of hydrogen-bond donors (Lipinski definition) is 1. The van der Waals surface area contributed by atoms with Gasteiger partial charge in [-0.05, 0) is 17.2 Å². The van der Waals surface area contributed by atoms with Crippen molar-refractivity contribution in [3.63, 3.8) is 0 Å². The number of carbonyl (C=O) groups is 3. The molecule has 1 aliphatic heterocycles. The number of nitrogens with one attached hydrogen (secondary N) is 1. The fourth-order valence-electron chi connectivity index (χ4n) is 4.56. The number of alkyl halides is 3. The number of amides is 1. The number of anilines is 1. The first-order chi connectivity index (χ1) is 14.7. The van der Waals surface area contributed by atoms with Gasteiger partial charge in [0.2, 0.25) is 0 Å². The highest BCUT2D eigenvalue weighted by molar-refractivity contribution is 6.31. The minimum Gasteiger partial charge on any atom is -0.345 e. The fraction of sp³-hybridized carbons (Fsp3) is 0.174. The van der Waals surface area contributed by atoms with E-state index in [1.807, 2.05) is 35.8 Å². The summed E-state index contributed by atoms with van der Waals surface area (Å²) in [7, 11) is 0. The molecule has 0 fully saturated rings. The molecule has 2 aromatic carbocycles. The van der Waals surface area contributed by atoms with Crippen molar-refractivity contribution in [2.24, 2.45) is 0 Å². The number of rotatable bonds is 1. The highest BCUT2D eigenvalue weighted by Gasteiger charge is 2.42. The largest absolute Gasteiger partial charge is 0.471 e. The molecule has 5 rings (SSSR count). The number of benzene rings is 2. The maximum atomic E-state index is 13.4. The van der Waals surface area contributed by atoms with Crippen molar-refractivity contribution in [3.8, 4) is 0 Å². The Hall–Kier alpha value is -3.68. The molecule has 2 heterocycles. The molecule has 0 saturated carbocycles. The van der Waals surface area contributed by atoms with Crippen LogP contribution in [0.15, 0.2) is 48.7 Å². The van der Waals surface area contributed by atoms with E-state index in [0.29, 0.717) is 12.2 Å². The second-order valence-corrected chi connectivity index (χ2v) is 7.69. The zero-order valence-electron chi connectivity index (χ0n) is 16.2. The van der Waals surface area contributed by atoms with Gasteiger partial charge in [-0.2, -0.15) is 13.2 Å². The van der Waals surface area contributed by atoms with E-state index in [9.17, 15) is 27.6 Å². The van der Waals surface area contributed by atoms with Gasteiger partial charge in [-0.25, -0.2) is 0 Å². The lowest BCUT2D eigenvalue weighted by atomic mass is 9.80. The van der Waals surface area contributed by atoms with Crippen molar-refractivity contribution in [2.45, 2.75) is 25.6 Å². The van der Waals surface area contributed by atoms with E-state index in [1.165, 1.54) is 18.2 Å². The van der Waals surface area contributed by atoms with Crippen molar-refractivity contribution < 1.29 is 27.6 Å². The number of ketones is 2. The van der Waals surface area contributed by atoms with Crippen LogP contribution in [0.1, 0.15) is 61.5 Å². The monoisotopic (exact) mass is 424 g/mol. The van der Waals surface area contributed by atoms with Crippen LogP contribution in [0.5, 0.6) is 0 Å². The normalized spacial score (nSPS) is 16.8. The van der Waals surface area contributed by atoms with Gasteiger partial charge in [0.05, 0.1) is 22.4 Å². The Labute approximate surface area is 174 Å². The molecule has 1 N–H and O–H groups in total. The Kier molecular flexibility index (Phi) is 3.99. The van der Waals surface area contributed by atoms with Gasteiger partial charge < -0.3 is 9.88 Å². The molecule has 0 radical (unpaired) electrons. The van der Waals surface area contributed by atoms with E-state index >= 15 is 0 Å². The third-order valence-electron chi connectivity index (χ3n) is 5.91. The zero-order chi connectivity index (χ0) is 22.1. The number of nitrogens with zero attached hydrogens (tertiary/aromatic N) is 1. The van der Waals surface area contributed by atoms with Gasteiger partial charge in [0.1, 0.15) is 0 Å². The summed E-state index contributed by atoms with van der Waals surface area (Å²) in [5, 5.41) is 1.73. The van der Waals surface area contributed by atoms with E-state index in [4.69, 9.17) is 0 Å². The average molecular weight is 424 g/mol. The molecule has 0 saturated heterocycles. The molecule has 2 aliphatic rings. The molecule has 31 heavy (non-hydrogen) atoms. The molecule has 0 spiro atoms. The third kappa shape index (κ3) is 2.74. The minimum atomic E-state index is -5.12. The van der Waals surface area contributed by atoms with Gasteiger partial charge in [0, 0.05) is 29.9 Å². The minimum absolute atomic E-state index is 0.0162. The number of halogens is 3. The fourth-order valence-corrected chi connectivity index (χ4v) is 4.56. The van der Waals surface area contributed by atoms with Crippen LogP contribution in [-0.2, 0) is 11.3 Å². The van der Waals surface area contributed by atoms with Crippen LogP contribution >= 0.6 is 0 Å². The Morgan fingerprint density at radius 3 is 2.45 bits per heavy atom. The summed E-state index contributed by atoms with van der Waals surface area (Å²) in [5.74, 6) is -3.36. The summed E-state index contributed by atoms with van der Waals surface area (Å²) in [6, 6.07) is 11.7. The second kappa shape index (κ2) is 6.41. The molecule has 156 valence electrons. The number of aromatic nitrogens is 1. The SMILES string of the molecule is CC1c2ccccc2Cn2cc3c(c21)C(=O)c1cccc(NC(=O)C(F)(F)F)c1C3=O. The van der Waals surface area contributed by atoms with Gasteiger partial charge in [0.25, 0.3) is 0 Å². The van der Waals surface area contributed by atoms with Gasteiger partial charge in [-0.1, -0.05) is 43.3 Å². The molecular weight excluding hydrogens is 409 g/mol. The number of hydrogen-bond acceptors (Lipinski definition) is 3. The van der Waals surface area contributed by atoms with Crippen molar-refractivity contribution in [1.82, 2.24) is 4.57 Å². The van der Waals surface area contributed by atoms with Gasteiger partial charge in [-0.15, -0.1) is 0 Å². The van der Waals surface area contributed by atoms with Crippen molar-refractivity contribution >= 4 is 23.2 Å². The van der Waals surface area contributed by atoms with Crippen LogP contribution in [0.25, 0.3) is 0 Å². The summed E-state index contributed by atoms with van der Waals surface area (Å²) in [5.41, 5.74) is 2.70. The zero-order valence-corrected chi connectivity index (χ0v) is 16.2. The smallest absolute Gasteiger partial charge is 0.345 e. The summed E-state index contributed by atoms with van der Waals surface area (Å²) < 4.78 is 40.1. The van der Waals surface area contributed by atoms with E-state index in [0.717, 1.165) is 11.1 Å². The van der Waals surface area contributed by atoms with Gasteiger partial charge in [-0.3, -0.25) is 14.4 Å². The van der Waals surface area contributed by atoms with Gasteiger partial charge in [0.15, 0.2) is 11.6 Å². The van der Waals surface area contributed by atoms with E-state index in [-0.39, 0.29) is 33.9 Å². The quantitative estimate of drug-likeness (QED) is 0.496. The molecule has 3 aromatic rings. The molecule has 8 heteroatoms. The standard InChI is InChI=1S/C23H15F3N2O3/c1-11-13-6-3-2-5-12(13)9-28-10-15-18(19(11)28)20(29)14-7-4-8-16(17(14)21(15)30)27-22(31)23(24,25)26/h2-8,10-11H,9H2,1H3,(H,27,31). The molecule has 5 nitrogen and oxygen atoms in total. The lowest BCUT2D eigenvalue weighted by molar-refractivity contribution is -0.167. The first-order valence-corrected chi connectivity index (χ1v) is 9.60. The molecular formula is C23H15F3N2O3. The van der Waals surface area contributed by atoms with E-state index in [1.54, 1.807) is 11.5 Å². The first kappa shape index (κ1) is 19.3. The highest BCUT2D eigenvalue weighted by Crippen LogP contribution is 2.41. The molecule has 1 unspecified atom stereocenters. The molecule has 1 aromatic heterocycles. The summed E-state index contributed by atoms with van der Waals surface area (Å²) in [6.07, 6.45) is -3.53. The van der Waals surface area contributed by atoms with Crippen LogP contribution in [-0.4, -0.2) is 28.2 Å². The number of fused-ring (bicyclic) bond motifs is 5. The lowest BCUT2D eigenvalue weighted by Gasteiger charge is -2.27. The Bertz CT molecular complexity index is 1300. The molecule has 0 bridgehead atoms. The van der Waals surface area contributed by atoms with E-state index < -0.39 is 23.6 Å². The van der Waals surface area contributed by atoms with Crippen LogP contribution < -0.4 is 5.32 Å². The van der Waals surface area contributed by atoms with Crippen molar-refractivity contribution in [1.29, 1.82) is 0 Å². The van der Waals surface area contributed by atoms with Crippen molar-refractivity contribution in [2.75, 3.05) is 5.32 Å². The summed E-state index contributed by atoms with van der Waals surface area (Å²) >= 11 is 0. The molecule has 1 atom stereocenters. The van der Waals surface area contributed by atoms with Crippen LogP contribution in [0.2, 0.25) is 0 Å². The predicted octanol–water partition coefficient (Wildman–Crippen LogP) is 4.28. The van der Waals surface area contributed by atoms with Crippen molar-refractivity contribution in [3.05, 3.63) is 87.7 Å². The Balaban J connectivity index is 1.65. The maximum Gasteiger partial charge on any atom is 0.471 e. The average Bonchev–Trinajstić information content (AvgIpc) is 3.11.